The van der Waals surface area contributed by atoms with E-state index in [2.05, 4.69) is 19.9 Å². The molecule has 0 saturated carbocycles. The molecule has 4 rings (SSSR count). The molecule has 10 nitrogen and oxygen atoms in total. The molecule has 142 valence electrons. The standard InChI is InChI=1S/C16H18N6O4S/c17-16-20-13-10(14(21-16)27-6-8-2-1-3-18-4-8)19-7-22(13)15-12(25)11(24)9(5-23)26-15/h1-4,7,9,11-12,15,23-25H,5-6H2,(H2,17,20,21)/t9-,11+,12-,15+/m0/s1. The molecule has 0 bridgehead atoms. The summed E-state index contributed by atoms with van der Waals surface area (Å²) in [6.07, 6.45) is 0.657. The Kier molecular flexibility index (Phi) is 4.93. The smallest absolute Gasteiger partial charge is 0.223 e. The predicted octanol–water partition coefficient (Wildman–Crippen LogP) is -0.293. The van der Waals surface area contributed by atoms with Crippen molar-refractivity contribution >= 4 is 28.9 Å². The van der Waals surface area contributed by atoms with Gasteiger partial charge < -0.3 is 25.8 Å². The topological polar surface area (TPSA) is 152 Å². The number of hydrogen-bond acceptors (Lipinski definition) is 10. The molecule has 1 aliphatic heterocycles. The van der Waals surface area contributed by atoms with Crippen LogP contribution in [-0.2, 0) is 10.5 Å². The van der Waals surface area contributed by atoms with Crippen molar-refractivity contribution in [3.8, 4) is 0 Å². The van der Waals surface area contributed by atoms with E-state index in [-0.39, 0.29) is 5.95 Å². The van der Waals surface area contributed by atoms with Gasteiger partial charge in [0, 0.05) is 18.1 Å². The fourth-order valence-electron chi connectivity index (χ4n) is 2.94. The first-order valence-corrected chi connectivity index (χ1v) is 9.21. The van der Waals surface area contributed by atoms with Gasteiger partial charge in [-0.1, -0.05) is 17.8 Å². The second-order valence-corrected chi connectivity index (χ2v) is 7.05. The molecule has 27 heavy (non-hydrogen) atoms. The lowest BCUT2D eigenvalue weighted by molar-refractivity contribution is -0.0511. The maximum absolute atomic E-state index is 10.3. The lowest BCUT2D eigenvalue weighted by Crippen LogP contribution is -2.33. The van der Waals surface area contributed by atoms with E-state index < -0.39 is 31.1 Å². The molecule has 0 aromatic carbocycles. The van der Waals surface area contributed by atoms with Crippen LogP contribution < -0.4 is 5.73 Å². The quantitative estimate of drug-likeness (QED) is 0.337. The Balaban J connectivity index is 1.66. The summed E-state index contributed by atoms with van der Waals surface area (Å²) in [5, 5.41) is 30.1. The monoisotopic (exact) mass is 390 g/mol. The van der Waals surface area contributed by atoms with Gasteiger partial charge in [0.05, 0.1) is 12.9 Å². The SMILES string of the molecule is Nc1nc(SCc2cccnc2)c2ncn([C@@H]3O[C@@H](CO)[C@@H](O)[C@@H]3O)c2n1. The average Bonchev–Trinajstić information content (AvgIpc) is 3.22. The number of thioether (sulfide) groups is 1. The Labute approximate surface area is 158 Å². The van der Waals surface area contributed by atoms with E-state index in [1.54, 1.807) is 12.4 Å². The first kappa shape index (κ1) is 18.1. The number of aliphatic hydroxyl groups is 3. The van der Waals surface area contributed by atoms with Gasteiger partial charge in [0.15, 0.2) is 11.9 Å². The number of aliphatic hydroxyl groups excluding tert-OH is 3. The maximum atomic E-state index is 10.3. The first-order chi connectivity index (χ1) is 13.1. The lowest BCUT2D eigenvalue weighted by Gasteiger charge is -2.16. The van der Waals surface area contributed by atoms with Gasteiger partial charge in [0.1, 0.15) is 28.9 Å². The fraction of sp³-hybridized carbons (Fsp3) is 0.375. The summed E-state index contributed by atoms with van der Waals surface area (Å²) in [5.41, 5.74) is 7.77. The van der Waals surface area contributed by atoms with Crippen molar-refractivity contribution in [2.24, 2.45) is 0 Å². The van der Waals surface area contributed by atoms with Crippen LogP contribution in [0.3, 0.4) is 0 Å². The average molecular weight is 390 g/mol. The molecule has 3 aromatic heterocycles. The maximum Gasteiger partial charge on any atom is 0.223 e. The fourth-order valence-corrected chi connectivity index (χ4v) is 3.85. The highest BCUT2D eigenvalue weighted by Crippen LogP contribution is 2.34. The zero-order valence-electron chi connectivity index (χ0n) is 14.1. The molecule has 5 N–H and O–H groups in total. The van der Waals surface area contributed by atoms with Gasteiger partial charge in [-0.05, 0) is 11.6 Å². The van der Waals surface area contributed by atoms with Gasteiger partial charge in [-0.3, -0.25) is 9.55 Å². The molecular weight excluding hydrogens is 372 g/mol. The number of nitrogens with zero attached hydrogens (tertiary/aromatic N) is 5. The number of pyridine rings is 1. The van der Waals surface area contributed by atoms with Gasteiger partial charge in [0.25, 0.3) is 0 Å². The van der Waals surface area contributed by atoms with E-state index >= 15 is 0 Å². The minimum absolute atomic E-state index is 0.0599. The highest BCUT2D eigenvalue weighted by molar-refractivity contribution is 7.98. The summed E-state index contributed by atoms with van der Waals surface area (Å²) in [7, 11) is 0. The molecule has 1 saturated heterocycles. The van der Waals surface area contributed by atoms with Crippen molar-refractivity contribution < 1.29 is 20.1 Å². The Hall–Kier alpha value is -2.31. The third-order valence-corrected chi connectivity index (χ3v) is 5.33. The van der Waals surface area contributed by atoms with E-state index in [1.807, 2.05) is 12.1 Å². The van der Waals surface area contributed by atoms with Gasteiger partial charge in [-0.2, -0.15) is 4.98 Å². The second kappa shape index (κ2) is 7.37. The van der Waals surface area contributed by atoms with Crippen LogP contribution in [0.2, 0.25) is 0 Å². The summed E-state index contributed by atoms with van der Waals surface area (Å²) in [6, 6.07) is 3.82. The summed E-state index contributed by atoms with van der Waals surface area (Å²) in [5.74, 6) is 0.685. The molecule has 1 fully saturated rings. The molecule has 0 unspecified atom stereocenters. The number of nitrogen functional groups attached to an aromatic ring is 1. The first-order valence-electron chi connectivity index (χ1n) is 8.22. The number of hydrogen-bond donors (Lipinski definition) is 4. The Morgan fingerprint density at radius 1 is 1.26 bits per heavy atom. The largest absolute Gasteiger partial charge is 0.394 e. The molecule has 4 atom stereocenters. The number of anilines is 1. The third kappa shape index (κ3) is 3.35. The highest BCUT2D eigenvalue weighted by Gasteiger charge is 2.44. The number of nitrogens with two attached hydrogens (primary N) is 1. The Bertz CT molecular complexity index is 939. The summed E-state index contributed by atoms with van der Waals surface area (Å²) in [6.45, 7) is -0.412. The molecule has 3 aromatic rings. The lowest BCUT2D eigenvalue weighted by atomic mass is 10.1. The number of rotatable bonds is 5. The van der Waals surface area contributed by atoms with Crippen LogP contribution >= 0.6 is 11.8 Å². The van der Waals surface area contributed by atoms with Crippen LogP contribution in [-0.4, -0.2) is 64.7 Å². The van der Waals surface area contributed by atoms with Crippen LogP contribution in [0.25, 0.3) is 11.2 Å². The van der Waals surface area contributed by atoms with Crippen LogP contribution in [0.1, 0.15) is 11.8 Å². The van der Waals surface area contributed by atoms with Gasteiger partial charge in [0.2, 0.25) is 5.95 Å². The summed E-state index contributed by atoms with van der Waals surface area (Å²) in [4.78, 5) is 16.9. The van der Waals surface area contributed by atoms with Crippen LogP contribution in [0.4, 0.5) is 5.95 Å². The highest BCUT2D eigenvalue weighted by atomic mass is 32.2. The van der Waals surface area contributed by atoms with Crippen LogP contribution in [0, 0.1) is 0 Å². The van der Waals surface area contributed by atoms with Crippen molar-refractivity contribution in [2.75, 3.05) is 12.3 Å². The molecule has 0 amide bonds. The molecule has 11 heteroatoms. The van der Waals surface area contributed by atoms with Gasteiger partial charge >= 0.3 is 0 Å². The third-order valence-electron chi connectivity index (χ3n) is 4.30. The number of ether oxygens (including phenoxy) is 1. The van der Waals surface area contributed by atoms with E-state index in [0.29, 0.717) is 21.9 Å². The second-order valence-electron chi connectivity index (χ2n) is 6.09. The molecule has 0 spiro atoms. The van der Waals surface area contributed by atoms with Crippen molar-refractivity contribution in [1.82, 2.24) is 24.5 Å². The van der Waals surface area contributed by atoms with Crippen molar-refractivity contribution in [3.05, 3.63) is 36.4 Å². The van der Waals surface area contributed by atoms with Crippen LogP contribution in [0.5, 0.6) is 0 Å². The number of aromatic nitrogens is 5. The molecular formula is C16H18N6O4S. The van der Waals surface area contributed by atoms with Gasteiger partial charge in [-0.25, -0.2) is 9.97 Å². The van der Waals surface area contributed by atoms with E-state index in [0.717, 1.165) is 5.56 Å². The number of fused-ring (bicyclic) bond motifs is 1. The van der Waals surface area contributed by atoms with Gasteiger partial charge in [-0.15, -0.1) is 0 Å². The zero-order valence-corrected chi connectivity index (χ0v) is 14.9. The normalized spacial score (nSPS) is 25.3. The Morgan fingerprint density at radius 2 is 2.11 bits per heavy atom. The minimum atomic E-state index is -1.23. The Morgan fingerprint density at radius 3 is 2.81 bits per heavy atom. The van der Waals surface area contributed by atoms with E-state index in [1.165, 1.54) is 22.7 Å². The summed E-state index contributed by atoms with van der Waals surface area (Å²) < 4.78 is 7.04. The van der Waals surface area contributed by atoms with E-state index in [9.17, 15) is 15.3 Å². The molecule has 1 aliphatic rings. The minimum Gasteiger partial charge on any atom is -0.394 e. The van der Waals surface area contributed by atoms with E-state index in [4.69, 9.17) is 10.5 Å². The van der Waals surface area contributed by atoms with Crippen molar-refractivity contribution in [1.29, 1.82) is 0 Å². The van der Waals surface area contributed by atoms with Crippen LogP contribution in [0.15, 0.2) is 35.9 Å². The van der Waals surface area contributed by atoms with Crippen molar-refractivity contribution in [3.63, 3.8) is 0 Å². The zero-order chi connectivity index (χ0) is 19.0. The predicted molar refractivity (Wildman–Crippen MR) is 96.5 cm³/mol. The molecule has 4 heterocycles. The van der Waals surface area contributed by atoms with Crippen molar-refractivity contribution in [2.45, 2.75) is 35.3 Å². The summed E-state index contributed by atoms with van der Waals surface area (Å²) >= 11 is 1.44. The molecule has 0 radical (unpaired) electrons. The number of imidazole rings is 1. The molecule has 0 aliphatic carbocycles.